The maximum atomic E-state index is 14.2. The number of sulfonamides is 1. The van der Waals surface area contributed by atoms with Crippen LogP contribution in [0, 0.1) is 5.82 Å². The molecule has 1 aliphatic rings. The number of hydrogen-bond acceptors (Lipinski definition) is 8. The summed E-state index contributed by atoms with van der Waals surface area (Å²) in [4.78, 5) is 13.1. The second-order valence-corrected chi connectivity index (χ2v) is 8.99. The number of fused-ring (bicyclic) bond motifs is 1. The van der Waals surface area contributed by atoms with Crippen molar-refractivity contribution in [3.05, 3.63) is 42.5 Å². The molecular formula is C20H23FN4O5S2. The molecule has 1 fully saturated rings. The third kappa shape index (κ3) is 5.26. The van der Waals surface area contributed by atoms with E-state index in [1.165, 1.54) is 36.0 Å². The Labute approximate surface area is 192 Å². The molecule has 0 bridgehead atoms. The standard InChI is InChI=1S/C20H21FN4O5S.H2S/c1-28-18-4-3-13(9-15(18)21)16-10-17-19(23-6-5-22-17)20(24-16)30-12-14-11-25(7-8-29-14)31(2,26)27;/h3-6,9-10,14H,7-8,11-12H2,1-2H3;1H2/t14-;/m0./s1. The molecule has 3 aromatic rings. The summed E-state index contributed by atoms with van der Waals surface area (Å²) in [7, 11) is -1.92. The van der Waals surface area contributed by atoms with Gasteiger partial charge in [-0.1, -0.05) is 0 Å². The lowest BCUT2D eigenvalue weighted by Crippen LogP contribution is -2.47. The number of methoxy groups -OCH3 is 1. The van der Waals surface area contributed by atoms with Crippen LogP contribution >= 0.6 is 13.5 Å². The van der Waals surface area contributed by atoms with Gasteiger partial charge in [0.2, 0.25) is 15.9 Å². The first-order chi connectivity index (χ1) is 14.8. The lowest BCUT2D eigenvalue weighted by atomic mass is 10.1. The second-order valence-electron chi connectivity index (χ2n) is 7.01. The van der Waals surface area contributed by atoms with Gasteiger partial charge in [-0.3, -0.25) is 4.98 Å². The molecular weight excluding hydrogens is 459 g/mol. The SMILES string of the molecule is COc1ccc(-c2cc3nccnc3c(OC[C@@H]3CN(S(C)(=O)=O)CCO3)n2)cc1F.S. The number of aromatic nitrogens is 3. The van der Waals surface area contributed by atoms with Gasteiger partial charge < -0.3 is 14.2 Å². The van der Waals surface area contributed by atoms with Gasteiger partial charge in [-0.2, -0.15) is 17.8 Å². The maximum Gasteiger partial charge on any atom is 0.242 e. The fourth-order valence-electron chi connectivity index (χ4n) is 3.28. The Hall–Kier alpha value is -2.54. The van der Waals surface area contributed by atoms with E-state index in [4.69, 9.17) is 14.2 Å². The van der Waals surface area contributed by atoms with Gasteiger partial charge in [0.15, 0.2) is 17.1 Å². The minimum atomic E-state index is -3.31. The van der Waals surface area contributed by atoms with Crippen molar-refractivity contribution in [2.45, 2.75) is 6.10 Å². The Balaban J connectivity index is 0.00000289. The summed E-state index contributed by atoms with van der Waals surface area (Å²) >= 11 is 0. The van der Waals surface area contributed by atoms with E-state index in [-0.39, 0.29) is 44.9 Å². The molecule has 2 aromatic heterocycles. The van der Waals surface area contributed by atoms with Crippen LogP contribution in [-0.4, -0.2) is 73.4 Å². The zero-order valence-corrected chi connectivity index (χ0v) is 19.3. The number of rotatable bonds is 6. The zero-order valence-electron chi connectivity index (χ0n) is 17.5. The van der Waals surface area contributed by atoms with E-state index >= 15 is 0 Å². The van der Waals surface area contributed by atoms with Crippen molar-refractivity contribution < 1.29 is 27.0 Å². The third-order valence-electron chi connectivity index (χ3n) is 4.85. The second kappa shape index (κ2) is 9.94. The number of nitrogens with zero attached hydrogens (tertiary/aromatic N) is 4. The molecule has 32 heavy (non-hydrogen) atoms. The van der Waals surface area contributed by atoms with Gasteiger partial charge in [-0.05, 0) is 24.3 Å². The predicted octanol–water partition coefficient (Wildman–Crippen LogP) is 1.99. The largest absolute Gasteiger partial charge is 0.494 e. The van der Waals surface area contributed by atoms with Gasteiger partial charge in [0.05, 0.1) is 31.2 Å². The Bertz CT molecular complexity index is 1210. The highest BCUT2D eigenvalue weighted by Crippen LogP contribution is 2.29. The Morgan fingerprint density at radius 1 is 1.25 bits per heavy atom. The molecule has 0 amide bonds. The Morgan fingerprint density at radius 3 is 2.75 bits per heavy atom. The van der Waals surface area contributed by atoms with Crippen LogP contribution in [0.3, 0.4) is 0 Å². The van der Waals surface area contributed by atoms with Crippen LogP contribution in [0.1, 0.15) is 0 Å². The number of pyridine rings is 1. The first-order valence-electron chi connectivity index (χ1n) is 9.50. The molecule has 0 spiro atoms. The predicted molar refractivity (Wildman–Crippen MR) is 121 cm³/mol. The van der Waals surface area contributed by atoms with Crippen LogP contribution in [0.2, 0.25) is 0 Å². The molecule has 4 rings (SSSR count). The fourth-order valence-corrected chi connectivity index (χ4v) is 4.13. The molecule has 12 heteroatoms. The molecule has 172 valence electrons. The number of benzene rings is 1. The fraction of sp³-hybridized carbons (Fsp3) is 0.350. The molecule has 1 saturated heterocycles. The number of hydrogen-bond donors (Lipinski definition) is 0. The van der Waals surface area contributed by atoms with Gasteiger partial charge >= 0.3 is 0 Å². The molecule has 1 aromatic carbocycles. The molecule has 3 heterocycles. The highest BCUT2D eigenvalue weighted by Gasteiger charge is 2.27. The molecule has 0 radical (unpaired) electrons. The quantitative estimate of drug-likeness (QED) is 0.526. The average molecular weight is 483 g/mol. The molecule has 1 atom stereocenters. The minimum Gasteiger partial charge on any atom is -0.494 e. The summed E-state index contributed by atoms with van der Waals surface area (Å²) < 4.78 is 55.7. The third-order valence-corrected chi connectivity index (χ3v) is 6.12. The van der Waals surface area contributed by atoms with Crippen molar-refractivity contribution in [2.24, 2.45) is 0 Å². The van der Waals surface area contributed by atoms with Crippen LogP contribution in [0.25, 0.3) is 22.3 Å². The van der Waals surface area contributed by atoms with E-state index in [2.05, 4.69) is 15.0 Å². The molecule has 1 aliphatic heterocycles. The van der Waals surface area contributed by atoms with Crippen molar-refractivity contribution in [1.29, 1.82) is 0 Å². The number of ether oxygens (including phenoxy) is 3. The summed E-state index contributed by atoms with van der Waals surface area (Å²) in [6.07, 6.45) is 3.77. The highest BCUT2D eigenvalue weighted by molar-refractivity contribution is 7.88. The molecule has 0 aliphatic carbocycles. The molecule has 0 unspecified atom stereocenters. The first-order valence-corrected chi connectivity index (χ1v) is 11.3. The lowest BCUT2D eigenvalue weighted by molar-refractivity contribution is -0.0252. The topological polar surface area (TPSA) is 104 Å². The molecule has 9 nitrogen and oxygen atoms in total. The summed E-state index contributed by atoms with van der Waals surface area (Å²) in [5.41, 5.74) is 1.94. The van der Waals surface area contributed by atoms with Crippen molar-refractivity contribution >= 4 is 34.6 Å². The highest BCUT2D eigenvalue weighted by atomic mass is 32.2. The monoisotopic (exact) mass is 482 g/mol. The Kier molecular flexibility index (Phi) is 7.49. The lowest BCUT2D eigenvalue weighted by Gasteiger charge is -2.30. The van der Waals surface area contributed by atoms with Crippen molar-refractivity contribution in [3.8, 4) is 22.9 Å². The van der Waals surface area contributed by atoms with E-state index < -0.39 is 21.9 Å². The van der Waals surface area contributed by atoms with Crippen molar-refractivity contribution in [2.75, 3.05) is 39.7 Å². The van der Waals surface area contributed by atoms with Crippen LogP contribution in [0.5, 0.6) is 11.6 Å². The van der Waals surface area contributed by atoms with Gasteiger partial charge in [-0.15, -0.1) is 0 Å². The molecule has 0 N–H and O–H groups in total. The van der Waals surface area contributed by atoms with Gasteiger partial charge in [-0.25, -0.2) is 22.8 Å². The van der Waals surface area contributed by atoms with E-state index in [0.717, 1.165) is 0 Å². The van der Waals surface area contributed by atoms with Gasteiger partial charge in [0, 0.05) is 31.0 Å². The maximum absolute atomic E-state index is 14.2. The number of halogens is 1. The summed E-state index contributed by atoms with van der Waals surface area (Å²) in [5.74, 6) is -0.178. The zero-order chi connectivity index (χ0) is 22.0. The van der Waals surface area contributed by atoms with E-state index in [1.807, 2.05) is 0 Å². The summed E-state index contributed by atoms with van der Waals surface area (Å²) in [6.45, 7) is 0.845. The summed E-state index contributed by atoms with van der Waals surface area (Å²) in [5, 5.41) is 0. The van der Waals surface area contributed by atoms with E-state index in [0.29, 0.717) is 28.8 Å². The Morgan fingerprint density at radius 2 is 2.03 bits per heavy atom. The number of morpholine rings is 1. The van der Waals surface area contributed by atoms with Gasteiger partial charge in [0.25, 0.3) is 0 Å². The average Bonchev–Trinajstić information content (AvgIpc) is 2.77. The molecule has 0 saturated carbocycles. The van der Waals surface area contributed by atoms with E-state index in [1.54, 1.807) is 18.3 Å². The van der Waals surface area contributed by atoms with Crippen molar-refractivity contribution in [1.82, 2.24) is 19.3 Å². The van der Waals surface area contributed by atoms with Crippen LogP contribution < -0.4 is 9.47 Å². The van der Waals surface area contributed by atoms with Crippen LogP contribution in [-0.2, 0) is 14.8 Å². The normalized spacial score (nSPS) is 17.0. The summed E-state index contributed by atoms with van der Waals surface area (Å²) in [6, 6.07) is 6.22. The minimum absolute atomic E-state index is 0. The smallest absolute Gasteiger partial charge is 0.242 e. The van der Waals surface area contributed by atoms with Crippen LogP contribution in [0.15, 0.2) is 36.7 Å². The van der Waals surface area contributed by atoms with Gasteiger partial charge in [0.1, 0.15) is 12.7 Å². The van der Waals surface area contributed by atoms with Crippen molar-refractivity contribution in [3.63, 3.8) is 0 Å². The van der Waals surface area contributed by atoms with Crippen LogP contribution in [0.4, 0.5) is 4.39 Å². The van der Waals surface area contributed by atoms with E-state index in [9.17, 15) is 12.8 Å². The first kappa shape index (κ1) is 24.1.